The van der Waals surface area contributed by atoms with Crippen LogP contribution >= 0.6 is 0 Å². The first kappa shape index (κ1) is 25.6. The Hall–Kier alpha value is -2.51. The van der Waals surface area contributed by atoms with Crippen LogP contribution in [0.15, 0.2) is 89.8 Å². The second-order valence-electron chi connectivity index (χ2n) is 9.54. The summed E-state index contributed by atoms with van der Waals surface area (Å²) >= 11 is 0. The van der Waals surface area contributed by atoms with E-state index in [9.17, 15) is 8.42 Å². The van der Waals surface area contributed by atoms with Crippen LogP contribution in [0.25, 0.3) is 0 Å². The van der Waals surface area contributed by atoms with Gasteiger partial charge in [-0.05, 0) is 44.0 Å². The molecule has 35 heavy (non-hydrogen) atoms. The average molecular weight is 494 g/mol. The fraction of sp³-hybridized carbons (Fsp3) is 0.379. The summed E-state index contributed by atoms with van der Waals surface area (Å²) < 4.78 is 40.7. The minimum Gasteiger partial charge on any atom is -0.369 e. The first-order valence-electron chi connectivity index (χ1n) is 12.2. The van der Waals surface area contributed by atoms with E-state index in [1.807, 2.05) is 79.7 Å². The Morgan fingerprint density at radius 2 is 1.34 bits per heavy atom. The van der Waals surface area contributed by atoms with E-state index in [1.165, 1.54) is 0 Å². The summed E-state index contributed by atoms with van der Waals surface area (Å²) in [6, 6.07) is 27.1. The maximum absolute atomic E-state index is 13.9. The number of nitrogens with zero attached hydrogens (tertiary/aromatic N) is 1. The molecule has 0 aromatic heterocycles. The molecule has 1 heterocycles. The first-order valence-corrected chi connectivity index (χ1v) is 13.7. The fourth-order valence-electron chi connectivity index (χ4n) is 4.49. The molecule has 4 rings (SSSR count). The number of ether oxygens (including phenoxy) is 2. The van der Waals surface area contributed by atoms with E-state index in [2.05, 4.69) is 18.7 Å². The zero-order chi connectivity index (χ0) is 24.8. The maximum atomic E-state index is 13.9. The third-order valence-electron chi connectivity index (χ3n) is 6.63. The van der Waals surface area contributed by atoms with Crippen LogP contribution < -0.4 is 0 Å². The molecular weight excluding hydrogens is 458 g/mol. The number of benzene rings is 3. The second kappa shape index (κ2) is 11.5. The van der Waals surface area contributed by atoms with Crippen LogP contribution in [-0.4, -0.2) is 49.9 Å². The van der Waals surface area contributed by atoms with Crippen LogP contribution in [-0.2, 0) is 32.5 Å². The van der Waals surface area contributed by atoms with Crippen molar-refractivity contribution in [3.05, 3.63) is 102 Å². The van der Waals surface area contributed by atoms with Gasteiger partial charge in [0.05, 0.1) is 24.2 Å². The normalized spacial score (nSPS) is 21.3. The number of rotatable bonds is 9. The smallest absolute Gasteiger partial charge is 0.185 e. The quantitative estimate of drug-likeness (QED) is 0.418. The van der Waals surface area contributed by atoms with E-state index in [0.29, 0.717) is 31.2 Å². The Kier molecular flexibility index (Phi) is 8.39. The van der Waals surface area contributed by atoms with Crippen LogP contribution in [0.2, 0.25) is 0 Å². The van der Waals surface area contributed by atoms with Crippen molar-refractivity contribution in [2.45, 2.75) is 62.4 Å². The standard InChI is InChI=1S/C29H35NO4S/c1-22(2)30-18-27(33-20-24-10-6-4-7-11-24)29(34-21-25-12-8-5-9-13-25)28(19-30)35(31,32)26-16-14-23(3)15-17-26/h4-17,22,27-29H,18-21H2,1-3H3/t27-,28+,29-/m1/s1. The minimum atomic E-state index is -3.66. The molecule has 1 saturated heterocycles. The number of aryl methyl sites for hydroxylation is 1. The van der Waals surface area contributed by atoms with Crippen molar-refractivity contribution in [1.82, 2.24) is 4.90 Å². The molecule has 0 saturated carbocycles. The zero-order valence-corrected chi connectivity index (χ0v) is 21.5. The van der Waals surface area contributed by atoms with Crippen LogP contribution in [0.5, 0.6) is 0 Å². The molecule has 5 nitrogen and oxygen atoms in total. The van der Waals surface area contributed by atoms with Crippen LogP contribution in [0.4, 0.5) is 0 Å². The molecule has 1 aliphatic rings. The molecule has 0 amide bonds. The summed E-state index contributed by atoms with van der Waals surface area (Å²) in [6.07, 6.45) is -0.986. The molecule has 0 N–H and O–H groups in total. The average Bonchev–Trinajstić information content (AvgIpc) is 2.87. The van der Waals surface area contributed by atoms with Crippen molar-refractivity contribution < 1.29 is 17.9 Å². The van der Waals surface area contributed by atoms with Gasteiger partial charge in [-0.25, -0.2) is 8.42 Å². The summed E-state index contributed by atoms with van der Waals surface area (Å²) in [5, 5.41) is -0.745. The predicted molar refractivity (Wildman–Crippen MR) is 139 cm³/mol. The van der Waals surface area contributed by atoms with E-state index < -0.39 is 21.2 Å². The highest BCUT2D eigenvalue weighted by Crippen LogP contribution is 2.30. The SMILES string of the molecule is Cc1ccc(S(=O)(=O)[C@H]2CN(C(C)C)C[C@@H](OCc3ccccc3)[C@H]2OCc2ccccc2)cc1. The zero-order valence-electron chi connectivity index (χ0n) is 20.7. The molecule has 3 aromatic rings. The van der Waals surface area contributed by atoms with Gasteiger partial charge in [0.2, 0.25) is 0 Å². The van der Waals surface area contributed by atoms with Crippen molar-refractivity contribution in [3.63, 3.8) is 0 Å². The molecule has 0 radical (unpaired) electrons. The lowest BCUT2D eigenvalue weighted by atomic mass is 10.0. The van der Waals surface area contributed by atoms with E-state index >= 15 is 0 Å². The second-order valence-corrected chi connectivity index (χ2v) is 11.7. The van der Waals surface area contributed by atoms with Gasteiger partial charge in [0.15, 0.2) is 9.84 Å². The number of hydrogen-bond acceptors (Lipinski definition) is 5. The molecule has 0 bridgehead atoms. The van der Waals surface area contributed by atoms with Crippen molar-refractivity contribution in [3.8, 4) is 0 Å². The van der Waals surface area contributed by atoms with Gasteiger partial charge in [0.1, 0.15) is 11.4 Å². The van der Waals surface area contributed by atoms with Crippen molar-refractivity contribution in [1.29, 1.82) is 0 Å². The molecule has 0 aliphatic carbocycles. The van der Waals surface area contributed by atoms with E-state index in [0.717, 1.165) is 16.7 Å². The maximum Gasteiger partial charge on any atom is 0.185 e. The lowest BCUT2D eigenvalue weighted by Gasteiger charge is -2.44. The Morgan fingerprint density at radius 1 is 0.800 bits per heavy atom. The third-order valence-corrected chi connectivity index (χ3v) is 8.78. The van der Waals surface area contributed by atoms with Crippen LogP contribution in [0, 0.1) is 6.92 Å². The Labute approximate surface area is 209 Å². The predicted octanol–water partition coefficient (Wildman–Crippen LogP) is 5.03. The Balaban J connectivity index is 1.66. The highest BCUT2D eigenvalue weighted by Gasteiger charge is 2.46. The summed E-state index contributed by atoms with van der Waals surface area (Å²) in [7, 11) is -3.66. The highest BCUT2D eigenvalue weighted by molar-refractivity contribution is 7.92. The number of hydrogen-bond donors (Lipinski definition) is 0. The fourth-order valence-corrected chi connectivity index (χ4v) is 6.35. The van der Waals surface area contributed by atoms with Crippen molar-refractivity contribution in [2.75, 3.05) is 13.1 Å². The van der Waals surface area contributed by atoms with Gasteiger partial charge < -0.3 is 9.47 Å². The highest BCUT2D eigenvalue weighted by atomic mass is 32.2. The van der Waals surface area contributed by atoms with Crippen LogP contribution in [0.1, 0.15) is 30.5 Å². The van der Waals surface area contributed by atoms with Gasteiger partial charge >= 0.3 is 0 Å². The minimum absolute atomic E-state index is 0.184. The number of sulfone groups is 1. The van der Waals surface area contributed by atoms with Crippen molar-refractivity contribution in [2.24, 2.45) is 0 Å². The summed E-state index contributed by atoms with van der Waals surface area (Å²) in [5.74, 6) is 0. The van der Waals surface area contributed by atoms with Gasteiger partial charge in [-0.15, -0.1) is 0 Å². The first-order chi connectivity index (χ1) is 16.8. The molecule has 0 spiro atoms. The molecule has 0 unspecified atom stereocenters. The molecule has 1 aliphatic heterocycles. The summed E-state index contributed by atoms with van der Waals surface area (Å²) in [5.41, 5.74) is 3.08. The van der Waals surface area contributed by atoms with Crippen molar-refractivity contribution >= 4 is 9.84 Å². The topological polar surface area (TPSA) is 55.8 Å². The molecule has 6 heteroatoms. The van der Waals surface area contributed by atoms with E-state index in [-0.39, 0.29) is 12.1 Å². The van der Waals surface area contributed by atoms with Gasteiger partial charge in [-0.1, -0.05) is 78.4 Å². The Bertz CT molecular complexity index is 1160. The lowest BCUT2D eigenvalue weighted by Crippen LogP contribution is -2.60. The van der Waals surface area contributed by atoms with E-state index in [1.54, 1.807) is 12.1 Å². The molecular formula is C29H35NO4S. The monoisotopic (exact) mass is 493 g/mol. The Morgan fingerprint density at radius 3 is 1.89 bits per heavy atom. The molecule has 1 fully saturated rings. The summed E-state index contributed by atoms with van der Waals surface area (Å²) in [4.78, 5) is 2.52. The molecule has 3 aromatic carbocycles. The van der Waals surface area contributed by atoms with Gasteiger partial charge in [-0.2, -0.15) is 0 Å². The molecule has 186 valence electrons. The number of likely N-dealkylation sites (tertiary alicyclic amines) is 1. The third kappa shape index (κ3) is 6.39. The number of piperidine rings is 1. The van der Waals surface area contributed by atoms with Crippen LogP contribution in [0.3, 0.4) is 0 Å². The van der Waals surface area contributed by atoms with E-state index in [4.69, 9.17) is 9.47 Å². The molecule has 3 atom stereocenters. The van der Waals surface area contributed by atoms with Gasteiger partial charge in [-0.3, -0.25) is 4.90 Å². The van der Waals surface area contributed by atoms with Gasteiger partial charge in [0, 0.05) is 19.1 Å². The largest absolute Gasteiger partial charge is 0.369 e. The lowest BCUT2D eigenvalue weighted by molar-refractivity contribution is -0.120. The summed E-state index contributed by atoms with van der Waals surface area (Å²) in [6.45, 7) is 7.89. The van der Waals surface area contributed by atoms with Gasteiger partial charge in [0.25, 0.3) is 0 Å².